The van der Waals surface area contributed by atoms with E-state index in [2.05, 4.69) is 26.7 Å². The molecule has 1 aliphatic heterocycles. The minimum absolute atomic E-state index is 0.151. The SMILES string of the molecule is CC[C@H]1CCCC1S(O)(O)c1ccc(-c2cccc(NC(=O)C3(c4ccc5c(c4)C(F)(F)OC(F)(F)O5)CC3)n2)cc1. The molecule has 3 aliphatic rings. The number of amides is 1. The first kappa shape index (κ1) is 28.9. The van der Waals surface area contributed by atoms with Gasteiger partial charge in [-0.2, -0.15) is 19.4 Å². The van der Waals surface area contributed by atoms with Gasteiger partial charge in [0.2, 0.25) is 5.91 Å². The van der Waals surface area contributed by atoms with Crippen molar-refractivity contribution in [3.8, 4) is 17.0 Å². The van der Waals surface area contributed by atoms with E-state index in [4.69, 9.17) is 0 Å². The maximum Gasteiger partial charge on any atom is 0.540 e. The van der Waals surface area contributed by atoms with Crippen molar-refractivity contribution in [3.63, 3.8) is 0 Å². The van der Waals surface area contributed by atoms with Crippen molar-refractivity contribution < 1.29 is 40.9 Å². The Labute approximate surface area is 241 Å². The molecule has 224 valence electrons. The molecular weight excluding hydrogens is 576 g/mol. The van der Waals surface area contributed by atoms with Gasteiger partial charge in [-0.1, -0.05) is 44.0 Å². The Morgan fingerprint density at radius 3 is 2.48 bits per heavy atom. The average Bonchev–Trinajstić information content (AvgIpc) is 3.61. The van der Waals surface area contributed by atoms with E-state index in [1.807, 2.05) is 0 Å². The van der Waals surface area contributed by atoms with E-state index in [9.17, 15) is 31.5 Å². The first-order chi connectivity index (χ1) is 19.8. The zero-order chi connectivity index (χ0) is 29.9. The summed E-state index contributed by atoms with van der Waals surface area (Å²) in [4.78, 5) is 18.4. The molecule has 0 spiro atoms. The van der Waals surface area contributed by atoms with Gasteiger partial charge in [-0.05, 0) is 73.6 Å². The predicted molar refractivity (Wildman–Crippen MR) is 149 cm³/mol. The molecule has 3 aromatic rings. The summed E-state index contributed by atoms with van der Waals surface area (Å²) in [5, 5.41) is 2.60. The third kappa shape index (κ3) is 5.14. The molecule has 7 nitrogen and oxygen atoms in total. The fourth-order valence-electron chi connectivity index (χ4n) is 6.07. The molecule has 2 fully saturated rings. The Morgan fingerprint density at radius 1 is 1.05 bits per heavy atom. The highest BCUT2D eigenvalue weighted by molar-refractivity contribution is 8.24. The molecule has 42 heavy (non-hydrogen) atoms. The first-order valence-corrected chi connectivity index (χ1v) is 15.4. The summed E-state index contributed by atoms with van der Waals surface area (Å²) in [5.41, 5.74) is -0.525. The van der Waals surface area contributed by atoms with Crippen LogP contribution in [0.2, 0.25) is 0 Å². The zero-order valence-corrected chi connectivity index (χ0v) is 23.5. The lowest BCUT2D eigenvalue weighted by Gasteiger charge is -2.41. The number of anilines is 1. The summed E-state index contributed by atoms with van der Waals surface area (Å²) in [6.07, 6.45) is -4.35. The topological polar surface area (TPSA) is 101 Å². The molecule has 2 aliphatic carbocycles. The van der Waals surface area contributed by atoms with Gasteiger partial charge in [-0.15, -0.1) is 8.78 Å². The summed E-state index contributed by atoms with van der Waals surface area (Å²) in [6.45, 7) is 2.07. The number of aromatic nitrogens is 1. The normalized spacial score (nSPS) is 23.9. The van der Waals surface area contributed by atoms with Gasteiger partial charge in [-0.25, -0.2) is 9.72 Å². The number of nitrogens with zero attached hydrogens (tertiary/aromatic N) is 1. The predicted octanol–water partition coefficient (Wildman–Crippen LogP) is 8.12. The summed E-state index contributed by atoms with van der Waals surface area (Å²) >= 11 is 0. The van der Waals surface area contributed by atoms with Crippen molar-refractivity contribution in [2.75, 3.05) is 5.32 Å². The van der Waals surface area contributed by atoms with Gasteiger partial charge in [0.25, 0.3) is 0 Å². The van der Waals surface area contributed by atoms with Gasteiger partial charge in [0.1, 0.15) is 11.6 Å². The number of benzene rings is 2. The van der Waals surface area contributed by atoms with Gasteiger partial charge >= 0.3 is 12.4 Å². The quantitative estimate of drug-likeness (QED) is 0.235. The zero-order valence-electron chi connectivity index (χ0n) is 22.7. The Hall–Kier alpha value is -3.19. The highest BCUT2D eigenvalue weighted by Gasteiger charge is 2.57. The van der Waals surface area contributed by atoms with E-state index >= 15 is 0 Å². The summed E-state index contributed by atoms with van der Waals surface area (Å²) in [6, 6.07) is 15.3. The minimum Gasteiger partial charge on any atom is -0.409 e. The molecule has 1 unspecified atom stereocenters. The molecule has 6 rings (SSSR count). The van der Waals surface area contributed by atoms with Gasteiger partial charge in [-0.3, -0.25) is 13.9 Å². The lowest BCUT2D eigenvalue weighted by Crippen LogP contribution is -2.41. The number of nitrogens with one attached hydrogen (secondary N) is 1. The summed E-state index contributed by atoms with van der Waals surface area (Å²) in [7, 11) is -2.95. The lowest BCUT2D eigenvalue weighted by molar-refractivity contribution is -0.461. The van der Waals surface area contributed by atoms with E-state index in [-0.39, 0.29) is 22.5 Å². The Kier molecular flexibility index (Phi) is 7.03. The number of pyridine rings is 1. The van der Waals surface area contributed by atoms with Crippen molar-refractivity contribution in [1.29, 1.82) is 0 Å². The van der Waals surface area contributed by atoms with Crippen molar-refractivity contribution in [3.05, 3.63) is 71.8 Å². The van der Waals surface area contributed by atoms with Crippen LogP contribution in [0.25, 0.3) is 11.3 Å². The highest BCUT2D eigenvalue weighted by atomic mass is 32.3. The van der Waals surface area contributed by atoms with Gasteiger partial charge in [0, 0.05) is 5.56 Å². The second-order valence-electron chi connectivity index (χ2n) is 11.1. The maximum atomic E-state index is 14.3. The number of ether oxygens (including phenoxy) is 2. The van der Waals surface area contributed by atoms with E-state index < -0.39 is 45.6 Å². The Balaban J connectivity index is 1.19. The third-order valence-corrected chi connectivity index (χ3v) is 11.0. The standard InChI is InChI=1S/C30H30F4N2O5S/c1-2-18-5-3-7-25(18)42(38,39)21-12-9-19(10-13-21)23-6-4-8-26(35-23)36-27(37)28(15-16-28)20-11-14-24-22(17-20)29(31,32)41-30(33,34)40-24/h4,6,8-14,17-18,25,38-39H,2-3,5,7,15-16H2,1H3,(H,35,36,37)/t18-,25?/m0/s1. The van der Waals surface area contributed by atoms with Crippen molar-refractivity contribution in [2.24, 2.45) is 5.92 Å². The summed E-state index contributed by atoms with van der Waals surface area (Å²) in [5.74, 6) is -0.657. The fraction of sp³-hybridized carbons (Fsp3) is 0.400. The Morgan fingerprint density at radius 2 is 1.79 bits per heavy atom. The highest BCUT2D eigenvalue weighted by Crippen LogP contribution is 2.60. The number of alkyl halides is 4. The summed E-state index contributed by atoms with van der Waals surface area (Å²) < 4.78 is 85.3. The van der Waals surface area contributed by atoms with Crippen LogP contribution in [0, 0.1) is 5.92 Å². The maximum absolute atomic E-state index is 14.3. The minimum atomic E-state index is -4.47. The fourth-order valence-corrected chi connectivity index (χ4v) is 8.32. The molecule has 2 saturated carbocycles. The van der Waals surface area contributed by atoms with Crippen LogP contribution < -0.4 is 10.1 Å². The number of carbonyl (C=O) groups is 1. The van der Waals surface area contributed by atoms with Crippen LogP contribution in [-0.4, -0.2) is 31.5 Å². The second kappa shape index (κ2) is 10.2. The van der Waals surface area contributed by atoms with Gasteiger partial charge < -0.3 is 10.1 Å². The van der Waals surface area contributed by atoms with Crippen molar-refractivity contribution in [1.82, 2.24) is 4.98 Å². The molecule has 1 aromatic heterocycles. The smallest absolute Gasteiger partial charge is 0.409 e. The van der Waals surface area contributed by atoms with Crippen LogP contribution in [0.1, 0.15) is 56.6 Å². The molecule has 12 heteroatoms. The largest absolute Gasteiger partial charge is 0.540 e. The average molecular weight is 607 g/mol. The third-order valence-electron chi connectivity index (χ3n) is 8.53. The molecule has 2 atom stereocenters. The molecule has 0 saturated heterocycles. The Bertz CT molecular complexity index is 1510. The van der Waals surface area contributed by atoms with Crippen molar-refractivity contribution in [2.45, 2.75) is 73.4 Å². The van der Waals surface area contributed by atoms with Crippen molar-refractivity contribution >= 4 is 22.3 Å². The van der Waals surface area contributed by atoms with Crippen LogP contribution in [0.15, 0.2) is 65.6 Å². The van der Waals surface area contributed by atoms with E-state index in [1.54, 1.807) is 42.5 Å². The van der Waals surface area contributed by atoms with Crippen LogP contribution in [0.4, 0.5) is 23.4 Å². The molecule has 2 aromatic carbocycles. The van der Waals surface area contributed by atoms with Gasteiger partial charge in [0.05, 0.1) is 26.8 Å². The monoisotopic (exact) mass is 606 g/mol. The van der Waals surface area contributed by atoms with Gasteiger partial charge in [0.15, 0.2) is 0 Å². The molecule has 2 heterocycles. The molecule has 0 bridgehead atoms. The number of hydrogen-bond acceptors (Lipinski definition) is 6. The van der Waals surface area contributed by atoms with Crippen LogP contribution >= 0.6 is 10.6 Å². The van der Waals surface area contributed by atoms with Crippen LogP contribution in [-0.2, 0) is 21.1 Å². The lowest BCUT2D eigenvalue weighted by atomic mass is 9.92. The molecule has 1 amide bonds. The van der Waals surface area contributed by atoms with E-state index in [0.29, 0.717) is 29.0 Å². The molecular formula is C30H30F4N2O5S. The van der Waals surface area contributed by atoms with Crippen LogP contribution in [0.3, 0.4) is 0 Å². The molecule has 0 radical (unpaired) electrons. The second-order valence-corrected chi connectivity index (χ2v) is 13.4. The van der Waals surface area contributed by atoms with E-state index in [0.717, 1.165) is 37.8 Å². The number of halogens is 4. The number of rotatable bonds is 7. The number of carbonyl (C=O) groups excluding carboxylic acids is 1. The van der Waals surface area contributed by atoms with Crippen LogP contribution in [0.5, 0.6) is 5.75 Å². The number of hydrogen-bond donors (Lipinski definition) is 3. The molecule has 3 N–H and O–H groups in total. The first-order valence-electron chi connectivity index (χ1n) is 13.8. The number of fused-ring (bicyclic) bond motifs is 1. The van der Waals surface area contributed by atoms with E-state index in [1.165, 1.54) is 6.07 Å².